The summed E-state index contributed by atoms with van der Waals surface area (Å²) < 4.78 is 5.42. The molecule has 0 saturated carbocycles. The minimum absolute atomic E-state index is 0.0749. The summed E-state index contributed by atoms with van der Waals surface area (Å²) in [5.74, 6) is -0.0749. The molecular weight excluding hydrogens is 406 g/mol. The predicted molar refractivity (Wildman–Crippen MR) is 120 cm³/mol. The number of fused-ring (bicyclic) bond motifs is 3. The molecule has 0 aliphatic heterocycles. The van der Waals surface area contributed by atoms with Crippen LogP contribution in [0.4, 0.5) is 10.5 Å². The van der Waals surface area contributed by atoms with Crippen LogP contribution in [0.2, 0.25) is 0 Å². The lowest BCUT2D eigenvalue weighted by atomic mass is 9.98. The Morgan fingerprint density at radius 2 is 1.66 bits per heavy atom. The molecule has 5 N–H and O–H groups in total. The van der Waals surface area contributed by atoms with Gasteiger partial charge < -0.3 is 26.0 Å². The van der Waals surface area contributed by atoms with E-state index in [1.54, 1.807) is 6.07 Å². The fraction of sp³-hybridized carbons (Fsp3) is 0.200. The first-order chi connectivity index (χ1) is 15.5. The second-order valence-electron chi connectivity index (χ2n) is 7.64. The van der Waals surface area contributed by atoms with Gasteiger partial charge in [0.15, 0.2) is 0 Å². The van der Waals surface area contributed by atoms with Crippen molar-refractivity contribution in [2.45, 2.75) is 18.1 Å². The van der Waals surface area contributed by atoms with E-state index in [-0.39, 0.29) is 35.9 Å². The lowest BCUT2D eigenvalue weighted by Crippen LogP contribution is -2.36. The molecule has 162 valence electrons. The Labute approximate surface area is 185 Å². The number of rotatable bonds is 6. The summed E-state index contributed by atoms with van der Waals surface area (Å²) in [5, 5.41) is 32.4. The molecule has 0 aromatic heterocycles. The summed E-state index contributed by atoms with van der Waals surface area (Å²) >= 11 is 0. The largest absolute Gasteiger partial charge is 0.449 e. The molecule has 0 bridgehead atoms. The molecular formula is C25H23N3O4. The molecule has 0 fully saturated rings. The van der Waals surface area contributed by atoms with Gasteiger partial charge in [0.1, 0.15) is 24.9 Å². The molecule has 7 nitrogen and oxygen atoms in total. The molecule has 32 heavy (non-hydrogen) atoms. The number of hydrogen-bond acceptors (Lipinski definition) is 6. The number of aliphatic hydroxyl groups is 2. The molecule has 0 spiro atoms. The average molecular weight is 429 g/mol. The van der Waals surface area contributed by atoms with Gasteiger partial charge in [0, 0.05) is 23.7 Å². The van der Waals surface area contributed by atoms with Crippen LogP contribution in [0.1, 0.15) is 34.3 Å². The van der Waals surface area contributed by atoms with E-state index in [9.17, 15) is 20.3 Å². The first-order valence-electron chi connectivity index (χ1n) is 10.2. The van der Waals surface area contributed by atoms with E-state index in [0.717, 1.165) is 22.3 Å². The number of nitriles is 1. The van der Waals surface area contributed by atoms with E-state index in [2.05, 4.69) is 17.4 Å². The molecule has 3 aromatic carbocycles. The van der Waals surface area contributed by atoms with Gasteiger partial charge in [-0.15, -0.1) is 0 Å². The van der Waals surface area contributed by atoms with Crippen LogP contribution in [0.15, 0.2) is 66.7 Å². The number of anilines is 1. The minimum atomic E-state index is -1.39. The van der Waals surface area contributed by atoms with Gasteiger partial charge in [0.2, 0.25) is 0 Å². The van der Waals surface area contributed by atoms with Gasteiger partial charge in [-0.3, -0.25) is 0 Å². The fourth-order valence-electron chi connectivity index (χ4n) is 4.12. The highest BCUT2D eigenvalue weighted by Gasteiger charge is 2.29. The molecule has 7 heteroatoms. The first kappa shape index (κ1) is 21.4. The van der Waals surface area contributed by atoms with Crippen molar-refractivity contribution in [3.63, 3.8) is 0 Å². The Kier molecular flexibility index (Phi) is 6.08. The molecule has 0 heterocycles. The van der Waals surface area contributed by atoms with Crippen molar-refractivity contribution in [3.05, 3.63) is 89.0 Å². The van der Waals surface area contributed by atoms with Crippen LogP contribution in [-0.4, -0.2) is 35.6 Å². The highest BCUT2D eigenvalue weighted by atomic mass is 16.5. The number of nitrogens with one attached hydrogen (secondary N) is 1. The van der Waals surface area contributed by atoms with Gasteiger partial charge >= 0.3 is 6.09 Å². The van der Waals surface area contributed by atoms with E-state index >= 15 is 0 Å². The van der Waals surface area contributed by atoms with E-state index in [1.807, 2.05) is 42.5 Å². The van der Waals surface area contributed by atoms with Crippen molar-refractivity contribution in [1.82, 2.24) is 5.32 Å². The summed E-state index contributed by atoms with van der Waals surface area (Å²) in [4.78, 5) is 12.3. The third-order valence-electron chi connectivity index (χ3n) is 5.72. The van der Waals surface area contributed by atoms with Crippen molar-refractivity contribution in [2.75, 3.05) is 18.9 Å². The lowest BCUT2D eigenvalue weighted by Gasteiger charge is -2.20. The molecule has 4 rings (SSSR count). The van der Waals surface area contributed by atoms with Gasteiger partial charge in [-0.25, -0.2) is 4.79 Å². The van der Waals surface area contributed by atoms with Gasteiger partial charge in [-0.1, -0.05) is 60.7 Å². The Balaban J connectivity index is 1.36. The molecule has 1 aliphatic rings. The van der Waals surface area contributed by atoms with Crippen LogP contribution in [-0.2, 0) is 4.74 Å². The second-order valence-corrected chi connectivity index (χ2v) is 7.64. The van der Waals surface area contributed by atoms with Crippen LogP contribution < -0.4 is 11.1 Å². The van der Waals surface area contributed by atoms with E-state index in [1.165, 1.54) is 12.1 Å². The maximum absolute atomic E-state index is 12.3. The predicted octanol–water partition coefficient (Wildman–Crippen LogP) is 3.07. The Morgan fingerprint density at radius 1 is 1.03 bits per heavy atom. The number of carbonyl (C=O) groups is 1. The molecule has 0 saturated heterocycles. The SMILES string of the molecule is N#Cc1c(N)cccc1C(O)C(O)CNC(=O)OCC1c2ccccc2-c2ccccc21. The van der Waals surface area contributed by atoms with Crippen molar-refractivity contribution >= 4 is 11.8 Å². The summed E-state index contributed by atoms with van der Waals surface area (Å²) in [6.45, 7) is -0.107. The number of aliphatic hydroxyl groups excluding tert-OH is 2. The number of carbonyl (C=O) groups excluding carboxylic acids is 1. The zero-order chi connectivity index (χ0) is 22.7. The fourth-order valence-corrected chi connectivity index (χ4v) is 4.12. The normalized spacial score (nSPS) is 14.0. The molecule has 3 aromatic rings. The topological polar surface area (TPSA) is 129 Å². The summed E-state index contributed by atoms with van der Waals surface area (Å²) in [6, 6.07) is 22.6. The van der Waals surface area contributed by atoms with Crippen molar-refractivity contribution in [3.8, 4) is 17.2 Å². The molecule has 0 radical (unpaired) electrons. The van der Waals surface area contributed by atoms with Crippen molar-refractivity contribution in [1.29, 1.82) is 5.26 Å². The summed E-state index contributed by atoms with van der Waals surface area (Å²) in [7, 11) is 0. The number of alkyl carbamates (subject to hydrolysis) is 1. The standard InChI is InChI=1S/C25H23N3O4/c26-12-20-19(10-5-11-22(20)27)24(30)23(29)13-28-25(31)32-14-21-17-8-3-1-6-15(17)16-7-2-4-9-18(16)21/h1-11,21,23-24,29-30H,13-14,27H2,(H,28,31). The van der Waals surface area contributed by atoms with Gasteiger partial charge in [-0.2, -0.15) is 5.26 Å². The zero-order valence-corrected chi connectivity index (χ0v) is 17.2. The van der Waals surface area contributed by atoms with Crippen molar-refractivity contribution in [2.24, 2.45) is 0 Å². The van der Waals surface area contributed by atoms with Gasteiger partial charge in [-0.05, 0) is 28.3 Å². The molecule has 1 aliphatic carbocycles. The number of hydrogen-bond donors (Lipinski definition) is 4. The first-order valence-corrected chi connectivity index (χ1v) is 10.2. The number of nitrogens with two attached hydrogens (primary N) is 1. The van der Waals surface area contributed by atoms with Crippen LogP contribution in [0.5, 0.6) is 0 Å². The monoisotopic (exact) mass is 429 g/mol. The minimum Gasteiger partial charge on any atom is -0.449 e. The summed E-state index contributed by atoms with van der Waals surface area (Å²) in [5.41, 5.74) is 10.7. The highest BCUT2D eigenvalue weighted by molar-refractivity contribution is 5.79. The van der Waals surface area contributed by atoms with E-state index < -0.39 is 18.3 Å². The van der Waals surface area contributed by atoms with Crippen LogP contribution in [0.3, 0.4) is 0 Å². The molecule has 2 unspecified atom stereocenters. The zero-order valence-electron chi connectivity index (χ0n) is 17.2. The van der Waals surface area contributed by atoms with E-state index in [4.69, 9.17) is 10.5 Å². The number of nitrogens with zero attached hydrogens (tertiary/aromatic N) is 1. The average Bonchev–Trinajstić information content (AvgIpc) is 3.14. The lowest BCUT2D eigenvalue weighted by molar-refractivity contribution is 0.0184. The molecule has 1 amide bonds. The Morgan fingerprint density at radius 3 is 2.28 bits per heavy atom. The highest BCUT2D eigenvalue weighted by Crippen LogP contribution is 2.44. The van der Waals surface area contributed by atoms with Gasteiger partial charge in [0.05, 0.1) is 5.56 Å². The van der Waals surface area contributed by atoms with Crippen LogP contribution in [0, 0.1) is 11.3 Å². The third kappa shape index (κ3) is 4.02. The number of amides is 1. The van der Waals surface area contributed by atoms with Crippen LogP contribution in [0.25, 0.3) is 11.1 Å². The Bertz CT molecular complexity index is 1140. The maximum atomic E-state index is 12.3. The van der Waals surface area contributed by atoms with Gasteiger partial charge in [0.25, 0.3) is 0 Å². The quantitative estimate of drug-likeness (QED) is 0.446. The molecule has 2 atom stereocenters. The Hall–Kier alpha value is -3.86. The number of nitrogen functional groups attached to an aromatic ring is 1. The summed E-state index contributed by atoms with van der Waals surface area (Å²) in [6.07, 6.45) is -3.43. The second kappa shape index (κ2) is 9.10. The maximum Gasteiger partial charge on any atom is 0.407 e. The third-order valence-corrected chi connectivity index (χ3v) is 5.72. The smallest absolute Gasteiger partial charge is 0.407 e. The number of benzene rings is 3. The van der Waals surface area contributed by atoms with Crippen LogP contribution >= 0.6 is 0 Å². The van der Waals surface area contributed by atoms with Crippen molar-refractivity contribution < 1.29 is 19.7 Å². The number of ether oxygens (including phenoxy) is 1. The van der Waals surface area contributed by atoms with E-state index in [0.29, 0.717) is 0 Å².